The van der Waals surface area contributed by atoms with Crippen molar-refractivity contribution in [1.29, 1.82) is 0 Å². The summed E-state index contributed by atoms with van der Waals surface area (Å²) in [5.41, 5.74) is 3.60. The maximum Gasteiger partial charge on any atom is 0.338 e. The van der Waals surface area contributed by atoms with Crippen LogP contribution in [0.1, 0.15) is 39.6 Å². The van der Waals surface area contributed by atoms with E-state index in [1.165, 1.54) is 0 Å². The van der Waals surface area contributed by atoms with Gasteiger partial charge in [0.1, 0.15) is 18.6 Å². The summed E-state index contributed by atoms with van der Waals surface area (Å²) < 4.78 is 11.2. The van der Waals surface area contributed by atoms with E-state index < -0.39 is 0 Å². The van der Waals surface area contributed by atoms with Crippen LogP contribution in [0.4, 0.5) is 0 Å². The number of benzene rings is 3. The minimum Gasteiger partial charge on any atom is -0.488 e. The highest BCUT2D eigenvalue weighted by atomic mass is 16.5. The summed E-state index contributed by atoms with van der Waals surface area (Å²) in [6, 6.07) is 22.3. The fraction of sp³-hybridized carbons (Fsp3) is 0.167. The van der Waals surface area contributed by atoms with Crippen LogP contribution in [0.25, 0.3) is 11.1 Å². The van der Waals surface area contributed by atoms with Gasteiger partial charge in [0.2, 0.25) is 0 Å². The molecule has 4 nitrogen and oxygen atoms in total. The average molecular weight is 374 g/mol. The van der Waals surface area contributed by atoms with E-state index in [1.807, 2.05) is 43.3 Å². The molecule has 0 N–H and O–H groups in total. The Hall–Kier alpha value is -3.40. The zero-order valence-electron chi connectivity index (χ0n) is 15.8. The molecule has 0 aliphatic carbocycles. The molecule has 0 spiro atoms. The third-order valence-corrected chi connectivity index (χ3v) is 4.22. The molecule has 0 bridgehead atoms. The van der Waals surface area contributed by atoms with Gasteiger partial charge in [0.25, 0.3) is 0 Å². The number of carbonyl (C=O) groups is 2. The van der Waals surface area contributed by atoms with Crippen LogP contribution in [0.2, 0.25) is 0 Å². The Morgan fingerprint density at radius 1 is 0.964 bits per heavy atom. The van der Waals surface area contributed by atoms with Crippen LogP contribution >= 0.6 is 0 Å². The molecular weight excluding hydrogens is 352 g/mol. The molecule has 0 saturated carbocycles. The predicted molar refractivity (Wildman–Crippen MR) is 109 cm³/mol. The second kappa shape index (κ2) is 9.51. The number of hydrogen-bond acceptors (Lipinski definition) is 4. The summed E-state index contributed by atoms with van der Waals surface area (Å²) in [6.45, 7) is 2.74. The van der Waals surface area contributed by atoms with Crippen molar-refractivity contribution in [2.45, 2.75) is 20.0 Å². The van der Waals surface area contributed by atoms with Gasteiger partial charge in [-0.1, -0.05) is 49.4 Å². The van der Waals surface area contributed by atoms with E-state index in [2.05, 4.69) is 0 Å². The van der Waals surface area contributed by atoms with Gasteiger partial charge in [-0.25, -0.2) is 4.79 Å². The van der Waals surface area contributed by atoms with Crippen molar-refractivity contribution in [2.24, 2.45) is 0 Å². The van der Waals surface area contributed by atoms with Crippen LogP contribution in [0.3, 0.4) is 0 Å². The summed E-state index contributed by atoms with van der Waals surface area (Å²) in [4.78, 5) is 23.5. The summed E-state index contributed by atoms with van der Waals surface area (Å²) >= 11 is 0. The van der Waals surface area contributed by atoms with E-state index in [0.29, 0.717) is 30.1 Å². The monoisotopic (exact) mass is 374 g/mol. The van der Waals surface area contributed by atoms with Gasteiger partial charge in [-0.15, -0.1) is 0 Å². The Labute approximate surface area is 164 Å². The van der Waals surface area contributed by atoms with Gasteiger partial charge >= 0.3 is 5.97 Å². The molecule has 0 saturated heterocycles. The van der Waals surface area contributed by atoms with E-state index in [0.717, 1.165) is 29.4 Å². The van der Waals surface area contributed by atoms with Crippen molar-refractivity contribution in [3.8, 4) is 16.9 Å². The fourth-order valence-electron chi connectivity index (χ4n) is 2.80. The topological polar surface area (TPSA) is 52.6 Å². The van der Waals surface area contributed by atoms with Crippen LogP contribution < -0.4 is 4.74 Å². The van der Waals surface area contributed by atoms with E-state index in [-0.39, 0.29) is 5.97 Å². The zero-order chi connectivity index (χ0) is 19.8. The van der Waals surface area contributed by atoms with Crippen molar-refractivity contribution >= 4 is 12.3 Å². The van der Waals surface area contributed by atoms with Crippen molar-refractivity contribution in [3.05, 3.63) is 89.5 Å². The van der Waals surface area contributed by atoms with Crippen LogP contribution in [0.15, 0.2) is 72.8 Å². The fourth-order valence-corrected chi connectivity index (χ4v) is 2.80. The number of carbonyl (C=O) groups excluding carboxylic acids is 2. The van der Waals surface area contributed by atoms with Crippen LogP contribution in [-0.4, -0.2) is 18.9 Å². The van der Waals surface area contributed by atoms with Crippen molar-refractivity contribution in [2.75, 3.05) is 6.61 Å². The first-order valence-corrected chi connectivity index (χ1v) is 9.24. The highest BCUT2D eigenvalue weighted by molar-refractivity contribution is 5.92. The zero-order valence-corrected chi connectivity index (χ0v) is 15.8. The van der Waals surface area contributed by atoms with Gasteiger partial charge in [0.05, 0.1) is 12.2 Å². The lowest BCUT2D eigenvalue weighted by Crippen LogP contribution is -2.06. The van der Waals surface area contributed by atoms with Crippen molar-refractivity contribution in [1.82, 2.24) is 0 Å². The molecule has 0 atom stereocenters. The molecule has 3 rings (SSSR count). The standard InChI is InChI=1S/C24H22O4/c1-2-13-27-24(26)21-10-6-9-20(15-21)22-14-19(16-25)11-12-23(22)28-17-18-7-4-3-5-8-18/h3-12,14-16H,2,13,17H2,1H3. The first-order chi connectivity index (χ1) is 13.7. The lowest BCUT2D eigenvalue weighted by molar-refractivity contribution is 0.0505. The summed E-state index contributed by atoms with van der Waals surface area (Å²) in [6.07, 6.45) is 1.56. The van der Waals surface area contributed by atoms with Crippen LogP contribution in [-0.2, 0) is 11.3 Å². The second-order valence-electron chi connectivity index (χ2n) is 6.36. The highest BCUT2D eigenvalue weighted by Crippen LogP contribution is 2.32. The molecule has 4 heteroatoms. The summed E-state index contributed by atoms with van der Waals surface area (Å²) in [5, 5.41) is 0. The van der Waals surface area contributed by atoms with Gasteiger partial charge in [-0.2, -0.15) is 0 Å². The second-order valence-corrected chi connectivity index (χ2v) is 6.36. The largest absolute Gasteiger partial charge is 0.488 e. The molecule has 0 amide bonds. The first kappa shape index (κ1) is 19.4. The van der Waals surface area contributed by atoms with Gasteiger partial charge in [-0.3, -0.25) is 4.79 Å². The molecule has 0 heterocycles. The Balaban J connectivity index is 1.91. The van der Waals surface area contributed by atoms with Gasteiger partial charge < -0.3 is 9.47 Å². The molecule has 3 aromatic carbocycles. The average Bonchev–Trinajstić information content (AvgIpc) is 2.76. The Bertz CT molecular complexity index is 948. The number of esters is 1. The molecule has 0 aliphatic heterocycles. The number of hydrogen-bond donors (Lipinski definition) is 0. The van der Waals surface area contributed by atoms with E-state index in [9.17, 15) is 9.59 Å². The molecule has 3 aromatic rings. The maximum atomic E-state index is 12.2. The van der Waals surface area contributed by atoms with Crippen LogP contribution in [0.5, 0.6) is 5.75 Å². The van der Waals surface area contributed by atoms with E-state index >= 15 is 0 Å². The number of aldehydes is 1. The molecule has 0 radical (unpaired) electrons. The van der Waals surface area contributed by atoms with Gasteiger partial charge in [0.15, 0.2) is 0 Å². The molecule has 0 aliphatic rings. The quantitative estimate of drug-likeness (QED) is 0.396. The minimum atomic E-state index is -0.359. The predicted octanol–water partition coefficient (Wildman–Crippen LogP) is 5.31. The third-order valence-electron chi connectivity index (χ3n) is 4.22. The normalized spacial score (nSPS) is 10.3. The molecule has 0 unspecified atom stereocenters. The molecule has 0 fully saturated rings. The lowest BCUT2D eigenvalue weighted by Gasteiger charge is -2.13. The number of ether oxygens (including phenoxy) is 2. The smallest absolute Gasteiger partial charge is 0.338 e. The molecule has 28 heavy (non-hydrogen) atoms. The molecule has 0 aromatic heterocycles. The Morgan fingerprint density at radius 2 is 1.79 bits per heavy atom. The van der Waals surface area contributed by atoms with E-state index in [4.69, 9.17) is 9.47 Å². The van der Waals surface area contributed by atoms with E-state index in [1.54, 1.807) is 36.4 Å². The summed E-state index contributed by atoms with van der Waals surface area (Å²) in [5.74, 6) is 0.288. The highest BCUT2D eigenvalue weighted by Gasteiger charge is 2.12. The van der Waals surface area contributed by atoms with Crippen LogP contribution in [0, 0.1) is 0 Å². The molecular formula is C24H22O4. The molecule has 142 valence electrons. The van der Waals surface area contributed by atoms with Crippen molar-refractivity contribution < 1.29 is 19.1 Å². The number of rotatable bonds is 8. The van der Waals surface area contributed by atoms with Crippen molar-refractivity contribution in [3.63, 3.8) is 0 Å². The Kier molecular flexibility index (Phi) is 6.58. The first-order valence-electron chi connectivity index (χ1n) is 9.24. The maximum absolute atomic E-state index is 12.2. The van der Waals surface area contributed by atoms with Gasteiger partial charge in [0, 0.05) is 11.1 Å². The SMILES string of the molecule is CCCOC(=O)c1cccc(-c2cc(C=O)ccc2OCc2ccccc2)c1. The lowest BCUT2D eigenvalue weighted by atomic mass is 10.00. The minimum absolute atomic E-state index is 0.359. The Morgan fingerprint density at radius 3 is 2.54 bits per heavy atom. The third kappa shape index (κ3) is 4.86. The summed E-state index contributed by atoms with van der Waals surface area (Å²) in [7, 11) is 0. The van der Waals surface area contributed by atoms with Gasteiger partial charge in [-0.05, 0) is 47.9 Å².